The Morgan fingerprint density at radius 3 is 2.41 bits per heavy atom. The fourth-order valence-electron chi connectivity index (χ4n) is 1.70. The van der Waals surface area contributed by atoms with Gasteiger partial charge in [0, 0.05) is 18.1 Å². The van der Waals surface area contributed by atoms with Crippen molar-refractivity contribution in [2.75, 3.05) is 13.1 Å². The van der Waals surface area contributed by atoms with E-state index in [0.717, 1.165) is 12.8 Å². The molecule has 1 aromatic carbocycles. The molecule has 94 valence electrons. The Balaban J connectivity index is 2.95. The van der Waals surface area contributed by atoms with Crippen LogP contribution in [0.5, 0.6) is 5.75 Å². The average molecular weight is 256 g/mol. The normalized spacial score (nSPS) is 10.3. The van der Waals surface area contributed by atoms with Gasteiger partial charge in [0.15, 0.2) is 0 Å². The van der Waals surface area contributed by atoms with Crippen molar-refractivity contribution in [1.29, 1.82) is 0 Å². The molecule has 17 heavy (non-hydrogen) atoms. The molecule has 1 aromatic rings. The molecule has 1 N–H and O–H groups in total. The van der Waals surface area contributed by atoms with Crippen molar-refractivity contribution in [2.45, 2.75) is 26.7 Å². The van der Waals surface area contributed by atoms with E-state index in [9.17, 15) is 9.90 Å². The molecule has 0 spiro atoms. The molecule has 0 saturated heterocycles. The summed E-state index contributed by atoms with van der Waals surface area (Å²) >= 11 is 5.84. The van der Waals surface area contributed by atoms with E-state index in [0.29, 0.717) is 18.1 Å². The van der Waals surface area contributed by atoms with E-state index >= 15 is 0 Å². The number of amides is 1. The number of phenolic OH excluding ortho intramolecular Hbond substituents is 1. The Hall–Kier alpha value is -1.22. The van der Waals surface area contributed by atoms with Gasteiger partial charge in [-0.05, 0) is 31.0 Å². The van der Waals surface area contributed by atoms with E-state index in [4.69, 9.17) is 11.6 Å². The smallest absolute Gasteiger partial charge is 0.257 e. The molecule has 0 fully saturated rings. The van der Waals surface area contributed by atoms with Crippen LogP contribution in [0.1, 0.15) is 37.0 Å². The third kappa shape index (κ3) is 3.63. The van der Waals surface area contributed by atoms with Crippen molar-refractivity contribution in [3.05, 3.63) is 28.8 Å². The zero-order chi connectivity index (χ0) is 12.8. The summed E-state index contributed by atoms with van der Waals surface area (Å²) in [4.78, 5) is 13.9. The summed E-state index contributed by atoms with van der Waals surface area (Å²) in [6.45, 7) is 5.43. The number of carbonyl (C=O) groups is 1. The van der Waals surface area contributed by atoms with E-state index in [2.05, 4.69) is 0 Å². The molecular weight excluding hydrogens is 238 g/mol. The minimum atomic E-state index is -0.159. The summed E-state index contributed by atoms with van der Waals surface area (Å²) in [5.74, 6) is -0.176. The molecule has 0 unspecified atom stereocenters. The van der Waals surface area contributed by atoms with Crippen molar-refractivity contribution < 1.29 is 9.90 Å². The van der Waals surface area contributed by atoms with E-state index in [-0.39, 0.29) is 17.2 Å². The maximum atomic E-state index is 12.2. The van der Waals surface area contributed by atoms with E-state index in [1.54, 1.807) is 11.0 Å². The summed E-state index contributed by atoms with van der Waals surface area (Å²) in [5.41, 5.74) is 0.277. The van der Waals surface area contributed by atoms with Crippen LogP contribution in [0.15, 0.2) is 18.2 Å². The van der Waals surface area contributed by atoms with Gasteiger partial charge >= 0.3 is 0 Å². The molecule has 4 heteroatoms. The first-order chi connectivity index (χ1) is 8.10. The second-order valence-electron chi connectivity index (χ2n) is 3.95. The second kappa shape index (κ2) is 6.50. The van der Waals surface area contributed by atoms with Crippen molar-refractivity contribution in [1.82, 2.24) is 4.90 Å². The molecule has 1 amide bonds. The average Bonchev–Trinajstić information content (AvgIpc) is 2.31. The van der Waals surface area contributed by atoms with Gasteiger partial charge in [-0.2, -0.15) is 0 Å². The van der Waals surface area contributed by atoms with E-state index in [1.807, 2.05) is 13.8 Å². The van der Waals surface area contributed by atoms with Crippen LogP contribution in [-0.2, 0) is 0 Å². The molecule has 0 saturated carbocycles. The highest BCUT2D eigenvalue weighted by molar-refractivity contribution is 6.31. The Morgan fingerprint density at radius 2 is 1.88 bits per heavy atom. The lowest BCUT2D eigenvalue weighted by molar-refractivity contribution is 0.0752. The largest absolute Gasteiger partial charge is 0.507 e. The van der Waals surface area contributed by atoms with Crippen LogP contribution in [0.4, 0.5) is 0 Å². The van der Waals surface area contributed by atoms with Crippen LogP contribution in [0.3, 0.4) is 0 Å². The zero-order valence-electron chi connectivity index (χ0n) is 10.2. The van der Waals surface area contributed by atoms with Gasteiger partial charge < -0.3 is 10.0 Å². The summed E-state index contributed by atoms with van der Waals surface area (Å²) in [5, 5.41) is 10.1. The first kappa shape index (κ1) is 13.8. The van der Waals surface area contributed by atoms with Crippen LogP contribution in [0.2, 0.25) is 5.02 Å². The lowest BCUT2D eigenvalue weighted by atomic mass is 10.1. The van der Waals surface area contributed by atoms with Crippen LogP contribution >= 0.6 is 11.6 Å². The Morgan fingerprint density at radius 1 is 1.29 bits per heavy atom. The topological polar surface area (TPSA) is 40.5 Å². The summed E-state index contributed by atoms with van der Waals surface area (Å²) in [6, 6.07) is 4.53. The van der Waals surface area contributed by atoms with Gasteiger partial charge in [0.05, 0.1) is 5.56 Å². The van der Waals surface area contributed by atoms with E-state index < -0.39 is 0 Å². The highest BCUT2D eigenvalue weighted by atomic mass is 35.5. The third-order valence-electron chi connectivity index (χ3n) is 2.46. The number of hydrogen-bond donors (Lipinski definition) is 1. The van der Waals surface area contributed by atoms with Crippen molar-refractivity contribution in [3.63, 3.8) is 0 Å². The number of phenols is 1. The number of nitrogens with zero attached hydrogens (tertiary/aromatic N) is 1. The lowest BCUT2D eigenvalue weighted by Crippen LogP contribution is -2.32. The van der Waals surface area contributed by atoms with Gasteiger partial charge in [-0.25, -0.2) is 0 Å². The monoisotopic (exact) mass is 255 g/mol. The number of halogens is 1. The predicted molar refractivity (Wildman–Crippen MR) is 69.6 cm³/mol. The molecule has 3 nitrogen and oxygen atoms in total. The van der Waals surface area contributed by atoms with Crippen molar-refractivity contribution in [2.24, 2.45) is 0 Å². The molecular formula is C13H18ClNO2. The number of aromatic hydroxyl groups is 1. The van der Waals surface area contributed by atoms with Gasteiger partial charge in [-0.15, -0.1) is 0 Å². The first-order valence-electron chi connectivity index (χ1n) is 5.88. The van der Waals surface area contributed by atoms with Crippen LogP contribution in [0, 0.1) is 0 Å². The van der Waals surface area contributed by atoms with Crippen LogP contribution < -0.4 is 0 Å². The number of rotatable bonds is 5. The fourth-order valence-corrected chi connectivity index (χ4v) is 1.88. The van der Waals surface area contributed by atoms with Gasteiger partial charge in [-0.3, -0.25) is 4.79 Å². The number of hydrogen-bond acceptors (Lipinski definition) is 2. The van der Waals surface area contributed by atoms with E-state index in [1.165, 1.54) is 12.1 Å². The number of benzene rings is 1. The molecule has 0 heterocycles. The maximum absolute atomic E-state index is 12.2. The highest BCUT2D eigenvalue weighted by Crippen LogP contribution is 2.23. The Labute approximate surface area is 107 Å². The Kier molecular flexibility index (Phi) is 5.29. The van der Waals surface area contributed by atoms with Crippen molar-refractivity contribution in [3.8, 4) is 5.75 Å². The fraction of sp³-hybridized carbons (Fsp3) is 0.462. The zero-order valence-corrected chi connectivity index (χ0v) is 11.0. The molecule has 0 bridgehead atoms. The standard InChI is InChI=1S/C13H18ClNO2/c1-3-7-15(8-4-2)13(17)11-9-10(14)5-6-12(11)16/h5-6,9,16H,3-4,7-8H2,1-2H3. The molecule has 0 aliphatic heterocycles. The molecule has 0 aliphatic rings. The predicted octanol–water partition coefficient (Wildman–Crippen LogP) is 3.31. The van der Waals surface area contributed by atoms with Crippen LogP contribution in [0.25, 0.3) is 0 Å². The second-order valence-corrected chi connectivity index (χ2v) is 4.39. The van der Waals surface area contributed by atoms with Crippen LogP contribution in [-0.4, -0.2) is 29.0 Å². The van der Waals surface area contributed by atoms with Crippen molar-refractivity contribution >= 4 is 17.5 Å². The maximum Gasteiger partial charge on any atom is 0.257 e. The summed E-state index contributed by atoms with van der Waals surface area (Å²) in [7, 11) is 0. The minimum absolute atomic E-state index is 0.0170. The first-order valence-corrected chi connectivity index (χ1v) is 6.25. The quantitative estimate of drug-likeness (QED) is 0.877. The van der Waals surface area contributed by atoms with Gasteiger partial charge in [0.1, 0.15) is 5.75 Å². The summed E-state index contributed by atoms with van der Waals surface area (Å²) in [6.07, 6.45) is 1.79. The van der Waals surface area contributed by atoms with Gasteiger partial charge in [-0.1, -0.05) is 25.4 Å². The summed E-state index contributed by atoms with van der Waals surface area (Å²) < 4.78 is 0. The minimum Gasteiger partial charge on any atom is -0.507 e. The van der Waals surface area contributed by atoms with Gasteiger partial charge in [0.25, 0.3) is 5.91 Å². The number of carbonyl (C=O) groups excluding carboxylic acids is 1. The Bertz CT molecular complexity index is 387. The molecule has 0 atom stereocenters. The lowest BCUT2D eigenvalue weighted by Gasteiger charge is -2.22. The molecule has 0 radical (unpaired) electrons. The molecule has 1 rings (SSSR count). The van der Waals surface area contributed by atoms with Gasteiger partial charge in [0.2, 0.25) is 0 Å². The molecule has 0 aliphatic carbocycles. The molecule has 0 aromatic heterocycles. The highest BCUT2D eigenvalue weighted by Gasteiger charge is 2.17. The SMILES string of the molecule is CCCN(CCC)C(=O)c1cc(Cl)ccc1O. The third-order valence-corrected chi connectivity index (χ3v) is 2.70.